The summed E-state index contributed by atoms with van der Waals surface area (Å²) < 4.78 is 0. The van der Waals surface area contributed by atoms with Crippen molar-refractivity contribution >= 4 is 0 Å². The Morgan fingerprint density at radius 1 is 0.750 bits per heavy atom. The molecule has 0 fully saturated rings. The van der Waals surface area contributed by atoms with E-state index in [2.05, 4.69) is 31.9 Å². The third kappa shape index (κ3) is 19.0. The zero-order valence-electron chi connectivity index (χ0n) is 16.2. The van der Waals surface area contributed by atoms with Crippen LogP contribution in [0.4, 0.5) is 0 Å². The molecule has 0 saturated heterocycles. The van der Waals surface area contributed by atoms with Crippen molar-refractivity contribution in [1.29, 1.82) is 0 Å². The molecule has 1 atom stereocenters. The standard InChI is InChI=1S/C23H40O/c1-4-23(24)21-19-17-15-13-11-9-7-5-6-8-10-12-14-16-18-20-22(2)3/h1,10,12,19,21-24H,5-9,11,13-18,20H2,2-3H3/b12-10+,21-19+. The van der Waals surface area contributed by atoms with Gasteiger partial charge in [0.15, 0.2) is 0 Å². The van der Waals surface area contributed by atoms with E-state index in [1.165, 1.54) is 77.0 Å². The van der Waals surface area contributed by atoms with E-state index in [0.29, 0.717) is 0 Å². The van der Waals surface area contributed by atoms with Crippen LogP contribution >= 0.6 is 0 Å². The summed E-state index contributed by atoms with van der Waals surface area (Å²) in [6, 6.07) is 0. The zero-order valence-corrected chi connectivity index (χ0v) is 16.2. The fourth-order valence-electron chi connectivity index (χ4n) is 2.74. The highest BCUT2D eigenvalue weighted by atomic mass is 16.3. The summed E-state index contributed by atoms with van der Waals surface area (Å²) in [6.45, 7) is 4.61. The molecule has 0 bridgehead atoms. The second-order valence-corrected chi connectivity index (χ2v) is 7.24. The number of rotatable bonds is 16. The van der Waals surface area contributed by atoms with Crippen LogP contribution in [0.3, 0.4) is 0 Å². The van der Waals surface area contributed by atoms with Crippen LogP contribution in [0.5, 0.6) is 0 Å². The van der Waals surface area contributed by atoms with Crippen molar-refractivity contribution in [3.05, 3.63) is 24.3 Å². The summed E-state index contributed by atoms with van der Waals surface area (Å²) in [5, 5.41) is 9.17. The van der Waals surface area contributed by atoms with Gasteiger partial charge in [-0.25, -0.2) is 0 Å². The number of hydrogen-bond donors (Lipinski definition) is 1. The Morgan fingerprint density at radius 3 is 1.71 bits per heavy atom. The Kier molecular flexibility index (Phi) is 17.6. The Labute approximate surface area is 151 Å². The van der Waals surface area contributed by atoms with Gasteiger partial charge in [-0.15, -0.1) is 6.42 Å². The molecule has 1 nitrogen and oxygen atoms in total. The molecule has 0 aliphatic heterocycles. The molecule has 0 aromatic rings. The molecule has 24 heavy (non-hydrogen) atoms. The predicted octanol–water partition coefficient (Wildman–Crippen LogP) is 6.82. The summed E-state index contributed by atoms with van der Waals surface area (Å²) >= 11 is 0. The van der Waals surface area contributed by atoms with Gasteiger partial charge in [0, 0.05) is 0 Å². The van der Waals surface area contributed by atoms with Gasteiger partial charge in [-0.05, 0) is 50.5 Å². The lowest BCUT2D eigenvalue weighted by Gasteiger charge is -2.02. The average molecular weight is 333 g/mol. The van der Waals surface area contributed by atoms with Gasteiger partial charge >= 0.3 is 0 Å². The third-order valence-corrected chi connectivity index (χ3v) is 4.30. The molecule has 0 heterocycles. The fourth-order valence-corrected chi connectivity index (χ4v) is 2.74. The van der Waals surface area contributed by atoms with E-state index < -0.39 is 6.10 Å². The maximum Gasteiger partial charge on any atom is 0.133 e. The largest absolute Gasteiger partial charge is 0.377 e. The summed E-state index contributed by atoms with van der Waals surface area (Å²) in [6.07, 6.45) is 29.8. The molecule has 0 aromatic carbocycles. The number of aliphatic hydroxyl groups excluding tert-OH is 1. The summed E-state index contributed by atoms with van der Waals surface area (Å²) in [5.74, 6) is 3.14. The van der Waals surface area contributed by atoms with E-state index in [0.717, 1.165) is 12.3 Å². The molecule has 1 heteroatoms. The van der Waals surface area contributed by atoms with Crippen LogP contribution in [-0.4, -0.2) is 11.2 Å². The zero-order chi connectivity index (χ0) is 17.9. The van der Waals surface area contributed by atoms with Crippen molar-refractivity contribution in [1.82, 2.24) is 0 Å². The topological polar surface area (TPSA) is 20.2 Å². The van der Waals surface area contributed by atoms with E-state index in [1.807, 2.05) is 6.08 Å². The summed E-state index contributed by atoms with van der Waals surface area (Å²) in [4.78, 5) is 0. The van der Waals surface area contributed by atoms with Gasteiger partial charge in [-0.3, -0.25) is 0 Å². The molecule has 1 unspecified atom stereocenters. The van der Waals surface area contributed by atoms with Gasteiger partial charge < -0.3 is 5.11 Å². The first kappa shape index (κ1) is 23.0. The second-order valence-electron chi connectivity index (χ2n) is 7.24. The fraction of sp³-hybridized carbons (Fsp3) is 0.739. The van der Waals surface area contributed by atoms with Crippen LogP contribution in [0.1, 0.15) is 97.3 Å². The molecular weight excluding hydrogens is 292 g/mol. The van der Waals surface area contributed by atoms with Gasteiger partial charge in [-0.2, -0.15) is 0 Å². The first-order valence-corrected chi connectivity index (χ1v) is 10.1. The molecule has 1 N–H and O–H groups in total. The SMILES string of the molecule is C#CC(O)/C=C/CCCCCCCCC/C=C/CCCCC(C)C. The number of hydrogen-bond acceptors (Lipinski definition) is 1. The number of unbranched alkanes of at least 4 members (excludes halogenated alkanes) is 10. The third-order valence-electron chi connectivity index (χ3n) is 4.30. The van der Waals surface area contributed by atoms with E-state index in [-0.39, 0.29) is 0 Å². The van der Waals surface area contributed by atoms with E-state index in [9.17, 15) is 0 Å². The molecule has 0 rings (SSSR count). The lowest BCUT2D eigenvalue weighted by atomic mass is 10.0. The highest BCUT2D eigenvalue weighted by Crippen LogP contribution is 2.11. The van der Waals surface area contributed by atoms with Crippen molar-refractivity contribution < 1.29 is 5.11 Å². The van der Waals surface area contributed by atoms with Gasteiger partial charge in [-0.1, -0.05) is 82.9 Å². The van der Waals surface area contributed by atoms with Gasteiger partial charge in [0.25, 0.3) is 0 Å². The Balaban J connectivity index is 3.17. The molecule has 0 amide bonds. The monoisotopic (exact) mass is 332 g/mol. The molecule has 138 valence electrons. The molecule has 0 saturated carbocycles. The van der Waals surface area contributed by atoms with Crippen molar-refractivity contribution in [2.45, 2.75) is 103 Å². The van der Waals surface area contributed by atoms with Crippen molar-refractivity contribution in [2.24, 2.45) is 5.92 Å². The molecule has 0 aliphatic carbocycles. The van der Waals surface area contributed by atoms with Crippen molar-refractivity contribution in [3.63, 3.8) is 0 Å². The predicted molar refractivity (Wildman–Crippen MR) is 108 cm³/mol. The minimum Gasteiger partial charge on any atom is -0.377 e. The van der Waals surface area contributed by atoms with Gasteiger partial charge in [0.05, 0.1) is 0 Å². The summed E-state index contributed by atoms with van der Waals surface area (Å²) in [5.41, 5.74) is 0. The maximum absolute atomic E-state index is 9.17. The van der Waals surface area contributed by atoms with Crippen molar-refractivity contribution in [2.75, 3.05) is 0 Å². The Bertz CT molecular complexity index is 346. The van der Waals surface area contributed by atoms with E-state index >= 15 is 0 Å². The van der Waals surface area contributed by atoms with Gasteiger partial charge in [0.1, 0.15) is 6.10 Å². The van der Waals surface area contributed by atoms with Crippen LogP contribution < -0.4 is 0 Å². The Morgan fingerprint density at radius 2 is 1.21 bits per heavy atom. The van der Waals surface area contributed by atoms with Crippen LogP contribution in [0.2, 0.25) is 0 Å². The summed E-state index contributed by atoms with van der Waals surface area (Å²) in [7, 11) is 0. The first-order chi connectivity index (χ1) is 11.7. The van der Waals surface area contributed by atoms with Crippen LogP contribution in [0.25, 0.3) is 0 Å². The van der Waals surface area contributed by atoms with Crippen LogP contribution in [-0.2, 0) is 0 Å². The molecule has 0 aliphatic rings. The lowest BCUT2D eigenvalue weighted by molar-refractivity contribution is 0.280. The normalized spacial score (nSPS) is 13.1. The van der Waals surface area contributed by atoms with Crippen LogP contribution in [0.15, 0.2) is 24.3 Å². The number of terminal acetylenes is 1. The highest BCUT2D eigenvalue weighted by molar-refractivity contribution is 5.05. The van der Waals surface area contributed by atoms with E-state index in [4.69, 9.17) is 11.5 Å². The van der Waals surface area contributed by atoms with Crippen LogP contribution in [0, 0.1) is 18.3 Å². The quantitative estimate of drug-likeness (QED) is 0.187. The van der Waals surface area contributed by atoms with E-state index in [1.54, 1.807) is 6.08 Å². The molecular formula is C23H40O. The average Bonchev–Trinajstić information content (AvgIpc) is 2.57. The Hall–Kier alpha value is -1.00. The number of allylic oxidation sites excluding steroid dienone is 3. The molecule has 0 radical (unpaired) electrons. The van der Waals surface area contributed by atoms with Gasteiger partial charge in [0.2, 0.25) is 0 Å². The molecule has 0 aromatic heterocycles. The first-order valence-electron chi connectivity index (χ1n) is 10.1. The highest BCUT2D eigenvalue weighted by Gasteiger charge is 1.93. The smallest absolute Gasteiger partial charge is 0.133 e. The molecule has 0 spiro atoms. The second kappa shape index (κ2) is 18.3. The number of aliphatic hydroxyl groups is 1. The minimum absolute atomic E-state index is 0.709. The minimum atomic E-state index is -0.709. The maximum atomic E-state index is 9.17. The van der Waals surface area contributed by atoms with Crippen molar-refractivity contribution in [3.8, 4) is 12.3 Å². The lowest BCUT2D eigenvalue weighted by Crippen LogP contribution is -1.95.